The lowest BCUT2D eigenvalue weighted by atomic mass is 10.1. The van der Waals surface area contributed by atoms with E-state index in [1.165, 1.54) is 23.0 Å². The molecule has 2 heterocycles. The SMILES string of the molecule is CCCN(CCC)Cc1c(C(=O)NN=Cc2ccc(C(F)(F)F)cc2)nnn1-c1nonc1N. The van der Waals surface area contributed by atoms with Gasteiger partial charge in [-0.1, -0.05) is 31.2 Å². The van der Waals surface area contributed by atoms with Gasteiger partial charge in [-0.2, -0.15) is 23.0 Å². The largest absolute Gasteiger partial charge is 0.416 e. The van der Waals surface area contributed by atoms with Gasteiger partial charge in [-0.3, -0.25) is 9.69 Å². The van der Waals surface area contributed by atoms with Crippen molar-refractivity contribution in [2.24, 2.45) is 5.10 Å². The van der Waals surface area contributed by atoms with E-state index in [2.05, 4.69) is 40.7 Å². The van der Waals surface area contributed by atoms with Crippen LogP contribution in [0.1, 0.15) is 54.0 Å². The third-order valence-electron chi connectivity index (χ3n) is 4.75. The van der Waals surface area contributed by atoms with E-state index in [-0.39, 0.29) is 17.3 Å². The molecule has 0 spiro atoms. The van der Waals surface area contributed by atoms with E-state index < -0.39 is 17.6 Å². The number of anilines is 1. The van der Waals surface area contributed by atoms with E-state index in [0.29, 0.717) is 17.8 Å². The van der Waals surface area contributed by atoms with Gasteiger partial charge in [0.2, 0.25) is 11.6 Å². The van der Waals surface area contributed by atoms with E-state index in [9.17, 15) is 18.0 Å². The minimum atomic E-state index is -4.43. The van der Waals surface area contributed by atoms with Gasteiger partial charge in [0.25, 0.3) is 5.91 Å². The Balaban J connectivity index is 1.82. The smallest absolute Gasteiger partial charge is 0.378 e. The Bertz CT molecular complexity index is 1120. The number of aromatic nitrogens is 5. The zero-order valence-electron chi connectivity index (χ0n) is 18.6. The number of nitrogens with one attached hydrogen (secondary N) is 1. The maximum absolute atomic E-state index is 12.8. The molecule has 0 aliphatic carbocycles. The molecule has 1 amide bonds. The lowest BCUT2D eigenvalue weighted by molar-refractivity contribution is -0.137. The Morgan fingerprint density at radius 2 is 1.88 bits per heavy atom. The highest BCUT2D eigenvalue weighted by Crippen LogP contribution is 2.28. The summed E-state index contributed by atoms with van der Waals surface area (Å²) >= 11 is 0. The van der Waals surface area contributed by atoms with Crippen LogP contribution in [0.5, 0.6) is 0 Å². The molecule has 0 unspecified atom stereocenters. The molecule has 0 aliphatic rings. The third-order valence-corrected chi connectivity index (χ3v) is 4.75. The number of nitrogen functional groups attached to an aromatic ring is 1. The number of nitrogens with zero attached hydrogens (tertiary/aromatic N) is 7. The van der Waals surface area contributed by atoms with Crippen LogP contribution in [0.2, 0.25) is 0 Å². The molecule has 1 aromatic carbocycles. The molecule has 0 fully saturated rings. The predicted molar refractivity (Wildman–Crippen MR) is 116 cm³/mol. The first-order valence-electron chi connectivity index (χ1n) is 10.5. The second kappa shape index (κ2) is 10.9. The van der Waals surface area contributed by atoms with Gasteiger partial charge >= 0.3 is 6.18 Å². The molecule has 3 N–H and O–H groups in total. The van der Waals surface area contributed by atoms with E-state index in [1.54, 1.807) is 0 Å². The van der Waals surface area contributed by atoms with Crippen LogP contribution in [0.3, 0.4) is 0 Å². The zero-order chi connectivity index (χ0) is 24.7. The third kappa shape index (κ3) is 5.95. The fourth-order valence-electron chi connectivity index (χ4n) is 3.22. The molecule has 34 heavy (non-hydrogen) atoms. The van der Waals surface area contributed by atoms with E-state index in [4.69, 9.17) is 5.73 Å². The van der Waals surface area contributed by atoms with Crippen LogP contribution in [-0.2, 0) is 12.7 Å². The molecule has 0 radical (unpaired) electrons. The van der Waals surface area contributed by atoms with Crippen molar-refractivity contribution in [3.8, 4) is 5.82 Å². The topological polar surface area (TPSA) is 140 Å². The molecule has 3 rings (SSSR count). The first kappa shape index (κ1) is 24.8. The van der Waals surface area contributed by atoms with Gasteiger partial charge in [0, 0.05) is 6.54 Å². The molecule has 11 nitrogen and oxygen atoms in total. The first-order chi connectivity index (χ1) is 16.2. The number of alkyl halides is 3. The Kier molecular flexibility index (Phi) is 7.94. The second-order valence-corrected chi connectivity index (χ2v) is 7.36. The van der Waals surface area contributed by atoms with Crippen molar-refractivity contribution >= 4 is 17.9 Å². The number of nitrogens with two attached hydrogens (primary N) is 1. The number of hydrazone groups is 1. The number of halogens is 3. The normalized spacial score (nSPS) is 12.1. The summed E-state index contributed by atoms with van der Waals surface area (Å²) in [5.74, 6) is -0.578. The quantitative estimate of drug-likeness (QED) is 0.334. The maximum Gasteiger partial charge on any atom is 0.416 e. The molecule has 0 bridgehead atoms. The Morgan fingerprint density at radius 1 is 1.21 bits per heavy atom. The lowest BCUT2D eigenvalue weighted by Crippen LogP contribution is -2.28. The van der Waals surface area contributed by atoms with E-state index in [0.717, 1.165) is 38.1 Å². The number of rotatable bonds is 10. The molecule has 0 aliphatic heterocycles. The molecule has 2 aromatic heterocycles. The van der Waals surface area contributed by atoms with Crippen molar-refractivity contribution in [3.05, 3.63) is 46.8 Å². The van der Waals surface area contributed by atoms with Crippen LogP contribution in [-0.4, -0.2) is 55.4 Å². The van der Waals surface area contributed by atoms with Gasteiger partial charge in [-0.05, 0) is 53.9 Å². The van der Waals surface area contributed by atoms with Gasteiger partial charge in [0.15, 0.2) is 5.69 Å². The van der Waals surface area contributed by atoms with Crippen LogP contribution in [0.25, 0.3) is 5.82 Å². The summed E-state index contributed by atoms with van der Waals surface area (Å²) in [4.78, 5) is 14.9. The first-order valence-corrected chi connectivity index (χ1v) is 10.5. The number of benzene rings is 1. The molecule has 0 saturated carbocycles. The lowest BCUT2D eigenvalue weighted by Gasteiger charge is -2.21. The van der Waals surface area contributed by atoms with Crippen molar-refractivity contribution in [2.75, 3.05) is 18.8 Å². The number of carbonyl (C=O) groups is 1. The highest BCUT2D eigenvalue weighted by molar-refractivity contribution is 5.94. The molecular weight excluding hydrogens is 455 g/mol. The van der Waals surface area contributed by atoms with Crippen molar-refractivity contribution in [2.45, 2.75) is 39.4 Å². The summed E-state index contributed by atoms with van der Waals surface area (Å²) in [7, 11) is 0. The van der Waals surface area contributed by atoms with Crippen LogP contribution < -0.4 is 11.2 Å². The summed E-state index contributed by atoms with van der Waals surface area (Å²) in [6, 6.07) is 4.35. The van der Waals surface area contributed by atoms with Crippen LogP contribution in [0.15, 0.2) is 34.0 Å². The average Bonchev–Trinajstić information content (AvgIpc) is 3.39. The van der Waals surface area contributed by atoms with Gasteiger partial charge in [-0.25, -0.2) is 10.1 Å². The number of carbonyl (C=O) groups excluding carboxylic acids is 1. The zero-order valence-corrected chi connectivity index (χ0v) is 18.6. The van der Waals surface area contributed by atoms with Gasteiger partial charge < -0.3 is 5.73 Å². The Labute approximate surface area is 192 Å². The molecular formula is C20H24F3N9O2. The molecule has 182 valence electrons. The average molecular weight is 479 g/mol. The predicted octanol–water partition coefficient (Wildman–Crippen LogP) is 2.64. The number of amides is 1. The fraction of sp³-hybridized carbons (Fsp3) is 0.400. The van der Waals surface area contributed by atoms with Crippen LogP contribution >= 0.6 is 0 Å². The summed E-state index contributed by atoms with van der Waals surface area (Å²) < 4.78 is 44.0. The second-order valence-electron chi connectivity index (χ2n) is 7.36. The highest BCUT2D eigenvalue weighted by Gasteiger charge is 2.30. The number of hydrogen-bond acceptors (Lipinski definition) is 9. The van der Waals surface area contributed by atoms with Crippen LogP contribution in [0.4, 0.5) is 19.0 Å². The number of hydrogen-bond donors (Lipinski definition) is 2. The van der Waals surface area contributed by atoms with Gasteiger partial charge in [0.05, 0.1) is 17.5 Å². The standard InChI is InChI=1S/C20H24F3N9O2/c1-3-9-31(10-4-2)12-15-16(26-30-32(15)18-17(24)28-34-29-18)19(33)27-25-11-13-5-7-14(8-6-13)20(21,22)23/h5-8,11H,3-4,9-10,12H2,1-2H3,(H2,24,28)(H,27,33). The fourth-order valence-corrected chi connectivity index (χ4v) is 3.22. The summed E-state index contributed by atoms with van der Waals surface area (Å²) in [6.07, 6.45) is -1.41. The van der Waals surface area contributed by atoms with Crippen LogP contribution in [0, 0.1) is 0 Å². The van der Waals surface area contributed by atoms with Crippen molar-refractivity contribution < 1.29 is 22.6 Å². The monoisotopic (exact) mass is 479 g/mol. The summed E-state index contributed by atoms with van der Waals surface area (Å²) in [5.41, 5.74) is 8.11. The summed E-state index contributed by atoms with van der Waals surface area (Å²) in [5, 5.41) is 19.1. The molecule has 3 aromatic rings. The van der Waals surface area contributed by atoms with Gasteiger partial charge in [0.1, 0.15) is 0 Å². The summed E-state index contributed by atoms with van der Waals surface area (Å²) in [6.45, 7) is 5.96. The van der Waals surface area contributed by atoms with Gasteiger partial charge in [-0.15, -0.1) is 5.10 Å². The van der Waals surface area contributed by atoms with E-state index in [1.807, 2.05) is 13.8 Å². The van der Waals surface area contributed by atoms with Crippen molar-refractivity contribution in [3.63, 3.8) is 0 Å². The van der Waals surface area contributed by atoms with Crippen molar-refractivity contribution in [1.82, 2.24) is 35.6 Å². The minimum Gasteiger partial charge on any atom is -0.378 e. The highest BCUT2D eigenvalue weighted by atomic mass is 19.4. The Hall–Kier alpha value is -3.81. The molecule has 14 heteroatoms. The van der Waals surface area contributed by atoms with Crippen molar-refractivity contribution in [1.29, 1.82) is 0 Å². The molecule has 0 atom stereocenters. The molecule has 0 saturated heterocycles. The van der Waals surface area contributed by atoms with E-state index >= 15 is 0 Å². The maximum atomic E-state index is 12.8. The Morgan fingerprint density at radius 3 is 2.44 bits per heavy atom. The minimum absolute atomic E-state index is 0.0100.